The molecule has 5 heteroatoms. The van der Waals surface area contributed by atoms with Crippen molar-refractivity contribution in [2.45, 2.75) is 0 Å². The molecule has 0 saturated carbocycles. The molecule has 2 heterocycles. The van der Waals surface area contributed by atoms with Crippen molar-refractivity contribution in [3.8, 4) is 56.2 Å². The summed E-state index contributed by atoms with van der Waals surface area (Å²) in [5, 5.41) is 19.7. The van der Waals surface area contributed by atoms with Crippen LogP contribution in [0.25, 0.3) is 78.7 Å². The predicted molar refractivity (Wildman–Crippen MR) is 213 cm³/mol. The summed E-state index contributed by atoms with van der Waals surface area (Å²) in [4.78, 5) is 15.3. The summed E-state index contributed by atoms with van der Waals surface area (Å²) in [6.07, 6.45) is 1.99. The van der Waals surface area contributed by atoms with Gasteiger partial charge in [-0.05, 0) is 40.5 Å². The molecule has 8 aromatic rings. The van der Waals surface area contributed by atoms with E-state index in [4.69, 9.17) is 15.0 Å². The van der Waals surface area contributed by atoms with Gasteiger partial charge in [-0.3, -0.25) is 10.8 Å². The Hall–Kier alpha value is -7.11. The molecule has 0 fully saturated rings. The van der Waals surface area contributed by atoms with Crippen LogP contribution >= 0.6 is 0 Å². The highest BCUT2D eigenvalue weighted by Gasteiger charge is 2.29. The van der Waals surface area contributed by atoms with Gasteiger partial charge in [-0.2, -0.15) is 0 Å². The summed E-state index contributed by atoms with van der Waals surface area (Å²) in [6, 6.07) is 57.1. The van der Waals surface area contributed by atoms with Crippen molar-refractivity contribution < 1.29 is 0 Å². The SMILES string of the molecule is N=C1C(=N)c2c(c(-c3ccccc3)nc3ccccc23)C=C1c1cc(-c2ccc(-c3ccccc3)cc2)nc(-c2ccc(-c3ccccc3)cc2)n1. The van der Waals surface area contributed by atoms with E-state index in [1.54, 1.807) is 0 Å². The van der Waals surface area contributed by atoms with Gasteiger partial charge in [-0.15, -0.1) is 0 Å². The number of nitrogens with one attached hydrogen (secondary N) is 2. The lowest BCUT2D eigenvalue weighted by atomic mass is 9.83. The van der Waals surface area contributed by atoms with Crippen LogP contribution in [0.4, 0.5) is 0 Å². The molecular weight excluding hydrogens is 635 g/mol. The first-order valence-corrected chi connectivity index (χ1v) is 17.2. The Morgan fingerprint density at radius 3 is 1.48 bits per heavy atom. The van der Waals surface area contributed by atoms with Gasteiger partial charge in [-0.1, -0.05) is 158 Å². The molecule has 5 nitrogen and oxygen atoms in total. The van der Waals surface area contributed by atoms with E-state index in [1.165, 1.54) is 0 Å². The van der Waals surface area contributed by atoms with Crippen molar-refractivity contribution in [1.29, 1.82) is 10.8 Å². The number of aromatic nitrogens is 3. The number of benzene rings is 6. The first-order chi connectivity index (χ1) is 25.6. The van der Waals surface area contributed by atoms with Crippen LogP contribution in [-0.4, -0.2) is 26.4 Å². The first-order valence-electron chi connectivity index (χ1n) is 17.2. The topological polar surface area (TPSA) is 86.4 Å². The van der Waals surface area contributed by atoms with Crippen molar-refractivity contribution in [3.63, 3.8) is 0 Å². The van der Waals surface area contributed by atoms with E-state index >= 15 is 0 Å². The molecular formula is C47H31N5. The van der Waals surface area contributed by atoms with E-state index in [9.17, 15) is 10.8 Å². The van der Waals surface area contributed by atoms with E-state index in [0.717, 1.165) is 66.8 Å². The molecule has 244 valence electrons. The predicted octanol–water partition coefficient (Wildman–Crippen LogP) is 11.3. The Morgan fingerprint density at radius 1 is 0.385 bits per heavy atom. The Kier molecular flexibility index (Phi) is 7.71. The second-order valence-corrected chi connectivity index (χ2v) is 12.8. The highest BCUT2D eigenvalue weighted by atomic mass is 14.9. The number of rotatable bonds is 6. The van der Waals surface area contributed by atoms with E-state index < -0.39 is 0 Å². The number of hydrogen-bond acceptors (Lipinski definition) is 5. The smallest absolute Gasteiger partial charge is 0.160 e. The van der Waals surface area contributed by atoms with E-state index in [-0.39, 0.29) is 11.4 Å². The third kappa shape index (κ3) is 5.60. The third-order valence-electron chi connectivity index (χ3n) is 9.58. The van der Waals surface area contributed by atoms with Gasteiger partial charge in [0.1, 0.15) is 0 Å². The fourth-order valence-electron chi connectivity index (χ4n) is 6.90. The molecule has 9 rings (SSSR count). The van der Waals surface area contributed by atoms with Gasteiger partial charge in [0.15, 0.2) is 5.82 Å². The van der Waals surface area contributed by atoms with Gasteiger partial charge in [0, 0.05) is 38.8 Å². The molecule has 0 aliphatic heterocycles. The van der Waals surface area contributed by atoms with Crippen LogP contribution in [0.15, 0.2) is 170 Å². The van der Waals surface area contributed by atoms with Gasteiger partial charge in [-0.25, -0.2) is 15.0 Å². The summed E-state index contributed by atoms with van der Waals surface area (Å²) in [5.41, 5.74) is 12.4. The third-order valence-corrected chi connectivity index (χ3v) is 9.58. The van der Waals surface area contributed by atoms with Crippen molar-refractivity contribution in [3.05, 3.63) is 187 Å². The quantitative estimate of drug-likeness (QED) is 0.185. The molecule has 0 radical (unpaired) electrons. The molecule has 0 amide bonds. The molecule has 0 unspecified atom stereocenters. The van der Waals surface area contributed by atoms with Crippen molar-refractivity contribution in [2.24, 2.45) is 0 Å². The second-order valence-electron chi connectivity index (χ2n) is 12.8. The Morgan fingerprint density at radius 2 is 0.865 bits per heavy atom. The number of hydrogen-bond donors (Lipinski definition) is 2. The lowest BCUT2D eigenvalue weighted by Crippen LogP contribution is -2.22. The Bertz CT molecular complexity index is 2560. The van der Waals surface area contributed by atoms with Gasteiger partial charge in [0.05, 0.1) is 34.0 Å². The first kappa shape index (κ1) is 30.9. The zero-order chi connectivity index (χ0) is 35.0. The van der Waals surface area contributed by atoms with Gasteiger partial charge < -0.3 is 0 Å². The summed E-state index contributed by atoms with van der Waals surface area (Å²) in [5.74, 6) is 0.546. The van der Waals surface area contributed by atoms with Crippen LogP contribution in [0.2, 0.25) is 0 Å². The molecule has 2 aromatic heterocycles. The second kappa shape index (κ2) is 13.0. The van der Waals surface area contributed by atoms with Crippen LogP contribution in [0.1, 0.15) is 16.8 Å². The molecule has 0 saturated heterocycles. The average Bonchev–Trinajstić information content (AvgIpc) is 3.22. The highest BCUT2D eigenvalue weighted by Crippen LogP contribution is 2.38. The molecule has 1 aliphatic carbocycles. The van der Waals surface area contributed by atoms with Crippen molar-refractivity contribution in [2.75, 3.05) is 0 Å². The Balaban J connectivity index is 1.23. The van der Waals surface area contributed by atoms with Crippen molar-refractivity contribution in [1.82, 2.24) is 15.0 Å². The van der Waals surface area contributed by atoms with Gasteiger partial charge >= 0.3 is 0 Å². The van der Waals surface area contributed by atoms with Crippen molar-refractivity contribution >= 4 is 34.0 Å². The zero-order valence-corrected chi connectivity index (χ0v) is 28.1. The minimum Gasteiger partial charge on any atom is -0.298 e. The summed E-state index contributed by atoms with van der Waals surface area (Å²) in [6.45, 7) is 0. The fourth-order valence-corrected chi connectivity index (χ4v) is 6.90. The zero-order valence-electron chi connectivity index (χ0n) is 28.1. The maximum absolute atomic E-state index is 9.41. The molecule has 6 aromatic carbocycles. The van der Waals surface area contributed by atoms with Crippen LogP contribution in [0, 0.1) is 10.8 Å². The summed E-state index contributed by atoms with van der Waals surface area (Å²) < 4.78 is 0. The molecule has 0 atom stereocenters. The lowest BCUT2D eigenvalue weighted by molar-refractivity contribution is 1.16. The summed E-state index contributed by atoms with van der Waals surface area (Å²) in [7, 11) is 0. The van der Waals surface area contributed by atoms with Crippen LogP contribution in [0.5, 0.6) is 0 Å². The minimum atomic E-state index is 0.109. The van der Waals surface area contributed by atoms with Crippen LogP contribution < -0.4 is 0 Å². The van der Waals surface area contributed by atoms with Gasteiger partial charge in [0.25, 0.3) is 0 Å². The molecule has 0 spiro atoms. The van der Waals surface area contributed by atoms with E-state index in [1.807, 2.05) is 115 Å². The monoisotopic (exact) mass is 665 g/mol. The van der Waals surface area contributed by atoms with E-state index in [0.29, 0.717) is 22.7 Å². The molecule has 0 bridgehead atoms. The number of fused-ring (bicyclic) bond motifs is 3. The number of nitrogens with zero attached hydrogens (tertiary/aromatic N) is 3. The molecule has 52 heavy (non-hydrogen) atoms. The Labute approximate surface area is 301 Å². The maximum Gasteiger partial charge on any atom is 0.160 e. The van der Waals surface area contributed by atoms with E-state index in [2.05, 4.69) is 60.7 Å². The number of pyridine rings is 1. The number of allylic oxidation sites excluding steroid dienone is 1. The maximum atomic E-state index is 9.41. The average molecular weight is 666 g/mol. The van der Waals surface area contributed by atoms with Crippen LogP contribution in [-0.2, 0) is 0 Å². The van der Waals surface area contributed by atoms with Crippen LogP contribution in [0.3, 0.4) is 0 Å². The standard InChI is InChI=1S/C47H31N5/c48-44-38(28-39-43(45(44)49)37-18-10-11-19-40(37)50-46(39)35-16-8-3-9-17-35)42-29-41(34-24-20-32(21-25-34)30-12-4-1-5-13-30)51-47(52-42)36-26-22-33(23-27-36)31-14-6-2-7-15-31/h1-29,48-49H. The lowest BCUT2D eigenvalue weighted by Gasteiger charge is -2.23. The fraction of sp³-hybridized carbons (Fsp3) is 0. The normalized spacial score (nSPS) is 12.4. The van der Waals surface area contributed by atoms with Gasteiger partial charge in [0.2, 0.25) is 0 Å². The minimum absolute atomic E-state index is 0.109. The molecule has 2 N–H and O–H groups in total. The number of para-hydroxylation sites is 1. The summed E-state index contributed by atoms with van der Waals surface area (Å²) >= 11 is 0. The largest absolute Gasteiger partial charge is 0.298 e. The highest BCUT2D eigenvalue weighted by molar-refractivity contribution is 6.64. The molecule has 1 aliphatic rings.